The summed E-state index contributed by atoms with van der Waals surface area (Å²) < 4.78 is 52.7. The predicted molar refractivity (Wildman–Crippen MR) is 110 cm³/mol. The predicted octanol–water partition coefficient (Wildman–Crippen LogP) is 2.30. The van der Waals surface area contributed by atoms with E-state index in [2.05, 4.69) is 20.0 Å². The van der Waals surface area contributed by atoms with Crippen molar-refractivity contribution in [2.75, 3.05) is 20.3 Å². The van der Waals surface area contributed by atoms with Crippen molar-refractivity contribution in [3.8, 4) is 23.0 Å². The molecule has 0 fully saturated rings. The fraction of sp³-hybridized carbons (Fsp3) is 0.150. The maximum absolute atomic E-state index is 13.7. The highest BCUT2D eigenvalue weighted by Crippen LogP contribution is 2.23. The molecule has 31 heavy (non-hydrogen) atoms. The van der Waals surface area contributed by atoms with Gasteiger partial charge in [-0.15, -0.1) is 15.3 Å². The van der Waals surface area contributed by atoms with Crippen LogP contribution in [0.4, 0.5) is 4.39 Å². The molecular formula is C20H18FN5O4S. The van der Waals surface area contributed by atoms with Crippen LogP contribution in [0.5, 0.6) is 11.6 Å². The average Bonchev–Trinajstić information content (AvgIpc) is 3.20. The van der Waals surface area contributed by atoms with Gasteiger partial charge in [0.05, 0.1) is 7.11 Å². The maximum atomic E-state index is 13.7. The van der Waals surface area contributed by atoms with Crippen LogP contribution in [0.15, 0.2) is 65.6 Å². The quantitative estimate of drug-likeness (QED) is 0.416. The Bertz CT molecular complexity index is 1330. The Balaban J connectivity index is 1.45. The van der Waals surface area contributed by atoms with Crippen LogP contribution >= 0.6 is 0 Å². The summed E-state index contributed by atoms with van der Waals surface area (Å²) in [5.74, 6) is 0.602. The normalized spacial score (nSPS) is 11.5. The highest BCUT2D eigenvalue weighted by molar-refractivity contribution is 7.89. The van der Waals surface area contributed by atoms with E-state index in [9.17, 15) is 12.8 Å². The molecule has 0 aliphatic carbocycles. The van der Waals surface area contributed by atoms with Crippen LogP contribution in [-0.4, -0.2) is 48.5 Å². The minimum atomic E-state index is -3.98. The minimum Gasteiger partial charge on any atom is -0.497 e. The molecular weight excluding hydrogens is 425 g/mol. The largest absolute Gasteiger partial charge is 0.497 e. The van der Waals surface area contributed by atoms with Crippen molar-refractivity contribution in [1.29, 1.82) is 0 Å². The number of benzene rings is 2. The molecule has 9 nitrogen and oxygen atoms in total. The van der Waals surface area contributed by atoms with E-state index in [1.807, 2.05) is 24.3 Å². The molecule has 4 rings (SSSR count). The Morgan fingerprint density at radius 2 is 1.90 bits per heavy atom. The third kappa shape index (κ3) is 4.47. The summed E-state index contributed by atoms with van der Waals surface area (Å²) in [6, 6.07) is 15.7. The van der Waals surface area contributed by atoms with Crippen LogP contribution in [-0.2, 0) is 10.0 Å². The first-order valence-electron chi connectivity index (χ1n) is 9.22. The highest BCUT2D eigenvalue weighted by atomic mass is 32.2. The molecule has 1 N–H and O–H groups in total. The summed E-state index contributed by atoms with van der Waals surface area (Å²) >= 11 is 0. The van der Waals surface area contributed by atoms with Gasteiger partial charge in [-0.2, -0.15) is 4.52 Å². The SMILES string of the molecule is COc1cccc(-c2nnc3ccc(OCCNS(=O)(=O)c4ccccc4F)nn23)c1. The molecule has 0 amide bonds. The lowest BCUT2D eigenvalue weighted by Gasteiger charge is -2.09. The van der Waals surface area contributed by atoms with Gasteiger partial charge in [-0.3, -0.25) is 0 Å². The molecule has 0 unspecified atom stereocenters. The zero-order chi connectivity index (χ0) is 21.8. The van der Waals surface area contributed by atoms with Crippen LogP contribution in [0.3, 0.4) is 0 Å². The maximum Gasteiger partial charge on any atom is 0.243 e. The zero-order valence-electron chi connectivity index (χ0n) is 16.4. The number of rotatable bonds is 8. The number of halogens is 1. The molecule has 0 spiro atoms. The van der Waals surface area contributed by atoms with Gasteiger partial charge in [0.1, 0.15) is 23.1 Å². The van der Waals surface area contributed by atoms with Crippen molar-refractivity contribution in [2.45, 2.75) is 4.90 Å². The summed E-state index contributed by atoms with van der Waals surface area (Å²) in [4.78, 5) is -0.415. The first kappa shape index (κ1) is 20.7. The lowest BCUT2D eigenvalue weighted by molar-refractivity contribution is 0.306. The van der Waals surface area contributed by atoms with E-state index in [0.29, 0.717) is 17.2 Å². The molecule has 0 saturated carbocycles. The highest BCUT2D eigenvalue weighted by Gasteiger charge is 2.18. The number of nitrogens with one attached hydrogen (secondary N) is 1. The van der Waals surface area contributed by atoms with E-state index < -0.39 is 20.7 Å². The number of methoxy groups -OCH3 is 1. The van der Waals surface area contributed by atoms with Crippen molar-refractivity contribution >= 4 is 15.7 Å². The summed E-state index contributed by atoms with van der Waals surface area (Å²) in [7, 11) is -2.41. The third-order valence-electron chi connectivity index (χ3n) is 4.34. The number of nitrogens with zero attached hydrogens (tertiary/aromatic N) is 4. The monoisotopic (exact) mass is 443 g/mol. The second-order valence-electron chi connectivity index (χ2n) is 6.37. The Morgan fingerprint density at radius 3 is 2.71 bits per heavy atom. The van der Waals surface area contributed by atoms with Gasteiger partial charge in [-0.25, -0.2) is 17.5 Å². The average molecular weight is 443 g/mol. The van der Waals surface area contributed by atoms with E-state index in [1.54, 1.807) is 19.2 Å². The van der Waals surface area contributed by atoms with Gasteiger partial charge in [0.25, 0.3) is 0 Å². The molecule has 0 radical (unpaired) electrons. The van der Waals surface area contributed by atoms with E-state index >= 15 is 0 Å². The lowest BCUT2D eigenvalue weighted by atomic mass is 10.2. The summed E-state index contributed by atoms with van der Waals surface area (Å²) in [5, 5.41) is 12.6. The first-order chi connectivity index (χ1) is 15.0. The summed E-state index contributed by atoms with van der Waals surface area (Å²) in [5.41, 5.74) is 1.28. The molecule has 2 aromatic carbocycles. The topological polar surface area (TPSA) is 108 Å². The van der Waals surface area contributed by atoms with Crippen LogP contribution in [0.25, 0.3) is 17.0 Å². The van der Waals surface area contributed by atoms with Crippen molar-refractivity contribution in [1.82, 2.24) is 24.5 Å². The second-order valence-corrected chi connectivity index (χ2v) is 8.11. The zero-order valence-corrected chi connectivity index (χ0v) is 17.2. The van der Waals surface area contributed by atoms with Crippen LogP contribution in [0.2, 0.25) is 0 Å². The van der Waals surface area contributed by atoms with Crippen LogP contribution in [0, 0.1) is 5.82 Å². The summed E-state index contributed by atoms with van der Waals surface area (Å²) in [6.07, 6.45) is 0. The number of hydrogen-bond acceptors (Lipinski definition) is 7. The molecule has 0 aliphatic rings. The Kier molecular flexibility index (Phi) is 5.78. The number of hydrogen-bond donors (Lipinski definition) is 1. The fourth-order valence-corrected chi connectivity index (χ4v) is 3.95. The van der Waals surface area contributed by atoms with E-state index in [4.69, 9.17) is 9.47 Å². The third-order valence-corrected chi connectivity index (χ3v) is 5.83. The molecule has 0 bridgehead atoms. The smallest absolute Gasteiger partial charge is 0.243 e. The van der Waals surface area contributed by atoms with Crippen molar-refractivity contribution in [3.05, 3.63) is 66.5 Å². The van der Waals surface area contributed by atoms with Crippen LogP contribution < -0.4 is 14.2 Å². The molecule has 11 heteroatoms. The first-order valence-corrected chi connectivity index (χ1v) is 10.7. The Hall–Kier alpha value is -3.57. The molecule has 160 valence electrons. The van der Waals surface area contributed by atoms with Crippen molar-refractivity contribution < 1.29 is 22.3 Å². The fourth-order valence-electron chi connectivity index (χ4n) is 2.86. The van der Waals surface area contributed by atoms with Crippen LogP contribution in [0.1, 0.15) is 0 Å². The Labute approximate surface area is 177 Å². The second kappa shape index (κ2) is 8.66. The molecule has 2 aromatic heterocycles. The summed E-state index contributed by atoms with van der Waals surface area (Å²) in [6.45, 7) is -0.0793. The van der Waals surface area contributed by atoms with E-state index in [0.717, 1.165) is 11.6 Å². The Morgan fingerprint density at radius 1 is 1.06 bits per heavy atom. The van der Waals surface area contributed by atoms with Gasteiger partial charge in [0, 0.05) is 18.2 Å². The van der Waals surface area contributed by atoms with E-state index in [1.165, 1.54) is 22.7 Å². The van der Waals surface area contributed by atoms with Crippen molar-refractivity contribution in [2.24, 2.45) is 0 Å². The molecule has 0 saturated heterocycles. The van der Waals surface area contributed by atoms with Gasteiger partial charge in [0.2, 0.25) is 15.9 Å². The number of fused-ring (bicyclic) bond motifs is 1. The molecule has 2 heterocycles. The van der Waals surface area contributed by atoms with E-state index in [-0.39, 0.29) is 19.0 Å². The van der Waals surface area contributed by atoms with Gasteiger partial charge >= 0.3 is 0 Å². The molecule has 0 aliphatic heterocycles. The van der Waals surface area contributed by atoms with Crippen molar-refractivity contribution in [3.63, 3.8) is 0 Å². The number of sulfonamides is 1. The molecule has 4 aromatic rings. The minimum absolute atomic E-state index is 0.0111. The number of aromatic nitrogens is 4. The lowest BCUT2D eigenvalue weighted by Crippen LogP contribution is -2.29. The van der Waals surface area contributed by atoms with Gasteiger partial charge < -0.3 is 9.47 Å². The van der Waals surface area contributed by atoms with Gasteiger partial charge in [-0.05, 0) is 30.3 Å². The molecule has 0 atom stereocenters. The van der Waals surface area contributed by atoms with Gasteiger partial charge in [0.15, 0.2) is 11.5 Å². The number of ether oxygens (including phenoxy) is 2. The van der Waals surface area contributed by atoms with Gasteiger partial charge in [-0.1, -0.05) is 24.3 Å². The standard InChI is InChI=1S/C20H18FN5O4S/c1-29-15-6-4-5-14(13-15)20-24-23-18-9-10-19(25-26(18)20)30-12-11-22-31(27,28)17-8-3-2-7-16(17)21/h2-10,13,22H,11-12H2,1H3.